The van der Waals surface area contributed by atoms with Gasteiger partial charge >= 0.3 is 0 Å². The topological polar surface area (TPSA) is 53.4 Å². The molecule has 0 atom stereocenters. The zero-order valence-corrected chi connectivity index (χ0v) is 14.4. The van der Waals surface area contributed by atoms with E-state index in [1.54, 1.807) is 0 Å². The van der Waals surface area contributed by atoms with E-state index in [4.69, 9.17) is 9.47 Å². The minimum atomic E-state index is -1.06. The molecule has 0 saturated heterocycles. The number of nitrogens with zero attached hydrogens (tertiary/aromatic N) is 2. The fraction of sp³-hybridized carbons (Fsp3) is 0.500. The number of pyridine rings is 1. The standard InChI is InChI=1S/C16H22N2O3Si/c1-22(2,3)7-6-20-11-18-5-4-12-8-13-9-14(19)10-21-16(13)17-15(12)18/h4-5,8H,6-7,9-11H2,1-3H3. The van der Waals surface area contributed by atoms with E-state index in [0.29, 0.717) is 19.0 Å². The molecule has 5 nitrogen and oxygen atoms in total. The fourth-order valence-corrected chi connectivity index (χ4v) is 3.21. The molecule has 22 heavy (non-hydrogen) atoms. The van der Waals surface area contributed by atoms with Gasteiger partial charge in [0, 0.05) is 38.2 Å². The highest BCUT2D eigenvalue weighted by molar-refractivity contribution is 6.76. The lowest BCUT2D eigenvalue weighted by Crippen LogP contribution is -2.22. The molecule has 1 aliphatic heterocycles. The van der Waals surface area contributed by atoms with Crippen molar-refractivity contribution >= 4 is 24.9 Å². The van der Waals surface area contributed by atoms with Crippen LogP contribution < -0.4 is 4.74 Å². The summed E-state index contributed by atoms with van der Waals surface area (Å²) in [5.74, 6) is 0.678. The Kier molecular flexibility index (Phi) is 4.05. The van der Waals surface area contributed by atoms with Crippen LogP contribution in [0.1, 0.15) is 5.56 Å². The average molecular weight is 318 g/mol. The molecule has 0 amide bonds. The smallest absolute Gasteiger partial charge is 0.219 e. The molecule has 0 saturated carbocycles. The molecule has 3 heterocycles. The molecule has 0 N–H and O–H groups in total. The molecule has 118 valence electrons. The van der Waals surface area contributed by atoms with Crippen LogP contribution in [0.5, 0.6) is 5.88 Å². The van der Waals surface area contributed by atoms with Gasteiger partial charge in [-0.3, -0.25) is 4.79 Å². The Hall–Kier alpha value is -1.66. The number of fused-ring (bicyclic) bond motifs is 2. The van der Waals surface area contributed by atoms with E-state index in [2.05, 4.69) is 24.6 Å². The zero-order chi connectivity index (χ0) is 15.7. The molecular formula is C16H22N2O3Si. The fourth-order valence-electron chi connectivity index (χ4n) is 2.45. The number of aromatic nitrogens is 2. The van der Waals surface area contributed by atoms with E-state index in [-0.39, 0.29) is 12.4 Å². The van der Waals surface area contributed by atoms with Gasteiger partial charge in [-0.25, -0.2) is 0 Å². The quantitative estimate of drug-likeness (QED) is 0.628. The van der Waals surface area contributed by atoms with Gasteiger partial charge in [0.15, 0.2) is 5.78 Å². The molecule has 3 rings (SSSR count). The number of Topliss-reactive ketones (excluding diaryl/α,β-unsaturated/α-hetero) is 1. The van der Waals surface area contributed by atoms with Crippen LogP contribution in [-0.2, 0) is 22.7 Å². The summed E-state index contributed by atoms with van der Waals surface area (Å²) in [5, 5.41) is 1.02. The molecule has 0 radical (unpaired) electrons. The number of hydrogen-bond acceptors (Lipinski definition) is 4. The van der Waals surface area contributed by atoms with Crippen molar-refractivity contribution in [3.8, 4) is 5.88 Å². The molecule has 0 spiro atoms. The van der Waals surface area contributed by atoms with Gasteiger partial charge in [0.1, 0.15) is 19.0 Å². The molecule has 2 aromatic rings. The molecule has 0 fully saturated rings. The van der Waals surface area contributed by atoms with Crippen molar-refractivity contribution in [3.05, 3.63) is 23.9 Å². The van der Waals surface area contributed by atoms with Crippen molar-refractivity contribution in [1.82, 2.24) is 9.55 Å². The molecule has 0 unspecified atom stereocenters. The van der Waals surface area contributed by atoms with Crippen molar-refractivity contribution < 1.29 is 14.3 Å². The van der Waals surface area contributed by atoms with Crippen LogP contribution in [0.25, 0.3) is 11.0 Å². The third-order valence-corrected chi connectivity index (χ3v) is 5.46. The van der Waals surface area contributed by atoms with Gasteiger partial charge in [-0.2, -0.15) is 4.98 Å². The Balaban J connectivity index is 1.73. The third kappa shape index (κ3) is 3.39. The van der Waals surface area contributed by atoms with Crippen LogP contribution in [0.15, 0.2) is 18.3 Å². The maximum Gasteiger partial charge on any atom is 0.219 e. The summed E-state index contributed by atoms with van der Waals surface area (Å²) in [6.45, 7) is 8.43. The summed E-state index contributed by atoms with van der Waals surface area (Å²) < 4.78 is 13.2. The second-order valence-corrected chi connectivity index (χ2v) is 12.6. The van der Waals surface area contributed by atoms with Gasteiger partial charge in [-0.05, 0) is 18.2 Å². The normalized spacial score (nSPS) is 15.0. The molecule has 2 aromatic heterocycles. The highest BCUT2D eigenvalue weighted by atomic mass is 28.3. The van der Waals surface area contributed by atoms with E-state index in [0.717, 1.165) is 29.2 Å². The molecule has 0 aliphatic carbocycles. The molecule has 0 bridgehead atoms. The van der Waals surface area contributed by atoms with Gasteiger partial charge in [0.05, 0.1) is 0 Å². The van der Waals surface area contributed by atoms with Crippen molar-refractivity contribution in [2.75, 3.05) is 13.2 Å². The van der Waals surface area contributed by atoms with E-state index >= 15 is 0 Å². The Morgan fingerprint density at radius 2 is 2.23 bits per heavy atom. The lowest BCUT2D eigenvalue weighted by Gasteiger charge is -2.17. The Morgan fingerprint density at radius 1 is 1.41 bits per heavy atom. The number of carbonyl (C=O) groups is 1. The summed E-state index contributed by atoms with van der Waals surface area (Å²) >= 11 is 0. The van der Waals surface area contributed by atoms with E-state index < -0.39 is 8.07 Å². The van der Waals surface area contributed by atoms with Crippen LogP contribution in [0.3, 0.4) is 0 Å². The first-order chi connectivity index (χ1) is 10.4. The first-order valence-electron chi connectivity index (χ1n) is 7.63. The Bertz CT molecular complexity index is 703. The first kappa shape index (κ1) is 15.2. The summed E-state index contributed by atoms with van der Waals surface area (Å²) in [6, 6.07) is 5.15. The van der Waals surface area contributed by atoms with Gasteiger partial charge in [-0.15, -0.1) is 0 Å². The number of hydrogen-bond donors (Lipinski definition) is 0. The van der Waals surface area contributed by atoms with Crippen LogP contribution >= 0.6 is 0 Å². The van der Waals surface area contributed by atoms with Crippen molar-refractivity contribution in [1.29, 1.82) is 0 Å². The van der Waals surface area contributed by atoms with Gasteiger partial charge in [-0.1, -0.05) is 19.6 Å². The number of carbonyl (C=O) groups excluding carboxylic acids is 1. The summed E-state index contributed by atoms with van der Waals surface area (Å²) in [5.41, 5.74) is 1.72. The van der Waals surface area contributed by atoms with E-state index in [1.807, 2.05) is 22.9 Å². The largest absolute Gasteiger partial charge is 0.469 e. The monoisotopic (exact) mass is 318 g/mol. The molecule has 6 heteroatoms. The van der Waals surface area contributed by atoms with Crippen LogP contribution in [0.4, 0.5) is 0 Å². The SMILES string of the molecule is C[Si](C)(C)CCOCn1ccc2cc3c(nc21)OCC(=O)C3. The Morgan fingerprint density at radius 3 is 3.00 bits per heavy atom. The zero-order valence-electron chi connectivity index (χ0n) is 13.4. The highest BCUT2D eigenvalue weighted by Gasteiger charge is 2.20. The number of rotatable bonds is 5. The summed E-state index contributed by atoms with van der Waals surface area (Å²) in [7, 11) is -1.06. The van der Waals surface area contributed by atoms with Gasteiger partial charge in [0.25, 0.3) is 0 Å². The second-order valence-electron chi connectivity index (χ2n) is 7.00. The van der Waals surface area contributed by atoms with Crippen molar-refractivity contribution in [3.63, 3.8) is 0 Å². The molecular weight excluding hydrogens is 296 g/mol. The van der Waals surface area contributed by atoms with E-state index in [9.17, 15) is 4.79 Å². The molecule has 0 aromatic carbocycles. The predicted octanol–water partition coefficient (Wildman–Crippen LogP) is 2.85. The second kappa shape index (κ2) is 5.85. The maximum absolute atomic E-state index is 11.4. The van der Waals surface area contributed by atoms with E-state index in [1.165, 1.54) is 0 Å². The lowest BCUT2D eigenvalue weighted by molar-refractivity contribution is -0.121. The highest BCUT2D eigenvalue weighted by Crippen LogP contribution is 2.26. The number of ether oxygens (including phenoxy) is 2. The minimum absolute atomic E-state index is 0.0998. The molecule has 1 aliphatic rings. The lowest BCUT2D eigenvalue weighted by atomic mass is 10.1. The first-order valence-corrected chi connectivity index (χ1v) is 11.3. The summed E-state index contributed by atoms with van der Waals surface area (Å²) in [6.07, 6.45) is 2.38. The average Bonchev–Trinajstić information content (AvgIpc) is 2.82. The van der Waals surface area contributed by atoms with Crippen molar-refractivity contribution in [2.24, 2.45) is 0 Å². The number of ketones is 1. The minimum Gasteiger partial charge on any atom is -0.469 e. The van der Waals surface area contributed by atoms with Crippen LogP contribution in [-0.4, -0.2) is 36.6 Å². The van der Waals surface area contributed by atoms with Crippen LogP contribution in [0.2, 0.25) is 25.7 Å². The maximum atomic E-state index is 11.4. The summed E-state index contributed by atoms with van der Waals surface area (Å²) in [4.78, 5) is 16.0. The third-order valence-electron chi connectivity index (χ3n) is 3.76. The van der Waals surface area contributed by atoms with Crippen molar-refractivity contribution in [2.45, 2.75) is 38.8 Å². The van der Waals surface area contributed by atoms with Crippen LogP contribution in [0, 0.1) is 0 Å². The predicted molar refractivity (Wildman–Crippen MR) is 88.0 cm³/mol. The van der Waals surface area contributed by atoms with Gasteiger partial charge in [0.2, 0.25) is 5.88 Å². The Labute approximate surface area is 131 Å². The van der Waals surface area contributed by atoms with Gasteiger partial charge < -0.3 is 14.0 Å².